The Morgan fingerprint density at radius 1 is 0.929 bits per heavy atom. The van der Waals surface area contributed by atoms with Crippen molar-refractivity contribution in [2.45, 2.75) is 30.6 Å². The summed E-state index contributed by atoms with van der Waals surface area (Å²) in [5.74, 6) is 0.423. The molecule has 1 fully saturated rings. The third-order valence-corrected chi connectivity index (χ3v) is 8.00. The van der Waals surface area contributed by atoms with Crippen LogP contribution in [-0.2, 0) is 14.8 Å². The highest BCUT2D eigenvalue weighted by Gasteiger charge is 2.30. The molecule has 0 aliphatic carbocycles. The van der Waals surface area contributed by atoms with E-state index in [1.54, 1.807) is 29.2 Å². The first-order chi connectivity index (χ1) is 13.3. The van der Waals surface area contributed by atoms with Gasteiger partial charge >= 0.3 is 0 Å². The summed E-state index contributed by atoms with van der Waals surface area (Å²) in [7, 11) is -3.50. The Bertz CT molecular complexity index is 948. The fourth-order valence-corrected chi connectivity index (χ4v) is 5.56. The average molecular weight is 419 g/mol. The summed E-state index contributed by atoms with van der Waals surface area (Å²) >= 11 is 1.54. The van der Waals surface area contributed by atoms with Crippen molar-refractivity contribution in [3.63, 3.8) is 0 Å². The lowest BCUT2D eigenvalue weighted by Crippen LogP contribution is -2.50. The van der Waals surface area contributed by atoms with Crippen LogP contribution >= 0.6 is 11.8 Å². The summed E-state index contributed by atoms with van der Waals surface area (Å²) in [6.45, 7) is 7.54. The molecule has 2 aromatic rings. The number of hydrogen-bond acceptors (Lipinski definition) is 4. The van der Waals surface area contributed by atoms with Crippen LogP contribution in [0.1, 0.15) is 16.7 Å². The Kier molecular flexibility index (Phi) is 6.47. The molecule has 0 saturated carbocycles. The standard InChI is InChI=1S/C21H26N2O3S2/c1-16-4-7-19(8-5-16)28(25,26)23-12-10-22(11-13-23)21(24)15-27-20-9-6-17(2)14-18(20)3/h4-9,14H,10-13,15H2,1-3H3. The number of rotatable bonds is 5. The zero-order valence-electron chi connectivity index (χ0n) is 16.5. The number of piperazine rings is 1. The third kappa shape index (κ3) is 4.77. The minimum atomic E-state index is -3.50. The van der Waals surface area contributed by atoms with Gasteiger partial charge in [0.15, 0.2) is 0 Å². The largest absolute Gasteiger partial charge is 0.339 e. The Morgan fingerprint density at radius 3 is 2.14 bits per heavy atom. The smallest absolute Gasteiger partial charge is 0.243 e. The van der Waals surface area contributed by atoms with Gasteiger partial charge in [-0.3, -0.25) is 4.79 Å². The molecule has 1 amide bonds. The monoisotopic (exact) mass is 418 g/mol. The van der Waals surface area contributed by atoms with E-state index in [1.165, 1.54) is 27.2 Å². The molecule has 1 aliphatic heterocycles. The predicted molar refractivity (Wildman–Crippen MR) is 113 cm³/mol. The highest BCUT2D eigenvalue weighted by atomic mass is 32.2. The number of hydrogen-bond donors (Lipinski definition) is 0. The van der Waals surface area contributed by atoms with Gasteiger partial charge in [0.25, 0.3) is 0 Å². The van der Waals surface area contributed by atoms with Gasteiger partial charge in [0.05, 0.1) is 10.6 Å². The van der Waals surface area contributed by atoms with Gasteiger partial charge in [0, 0.05) is 31.1 Å². The van der Waals surface area contributed by atoms with Crippen molar-refractivity contribution in [1.29, 1.82) is 0 Å². The molecular weight excluding hydrogens is 392 g/mol. The summed E-state index contributed by atoms with van der Waals surface area (Å²) in [6.07, 6.45) is 0. The van der Waals surface area contributed by atoms with Crippen molar-refractivity contribution in [2.24, 2.45) is 0 Å². The first kappa shape index (κ1) is 20.9. The van der Waals surface area contributed by atoms with Crippen LogP contribution in [0.5, 0.6) is 0 Å². The van der Waals surface area contributed by atoms with Gasteiger partial charge in [-0.15, -0.1) is 11.8 Å². The number of thioether (sulfide) groups is 1. The van der Waals surface area contributed by atoms with Crippen LogP contribution in [0.25, 0.3) is 0 Å². The number of carbonyl (C=O) groups is 1. The number of amides is 1. The molecule has 0 unspecified atom stereocenters. The van der Waals surface area contributed by atoms with Gasteiger partial charge < -0.3 is 4.90 Å². The molecule has 0 bridgehead atoms. The summed E-state index contributed by atoms with van der Waals surface area (Å²) in [4.78, 5) is 15.7. The minimum absolute atomic E-state index is 0.0531. The van der Waals surface area contributed by atoms with E-state index in [1.807, 2.05) is 6.92 Å². The molecule has 1 saturated heterocycles. The molecule has 0 N–H and O–H groups in total. The van der Waals surface area contributed by atoms with Crippen molar-refractivity contribution in [3.8, 4) is 0 Å². The maximum atomic E-state index is 12.8. The molecule has 28 heavy (non-hydrogen) atoms. The summed E-state index contributed by atoms with van der Waals surface area (Å²) < 4.78 is 27.0. The molecule has 1 aliphatic rings. The molecule has 2 aromatic carbocycles. The first-order valence-electron chi connectivity index (χ1n) is 9.32. The van der Waals surface area contributed by atoms with E-state index in [2.05, 4.69) is 32.0 Å². The van der Waals surface area contributed by atoms with Crippen LogP contribution in [0.2, 0.25) is 0 Å². The van der Waals surface area contributed by atoms with Gasteiger partial charge in [0.2, 0.25) is 15.9 Å². The number of sulfonamides is 1. The summed E-state index contributed by atoms with van der Waals surface area (Å²) in [5.41, 5.74) is 3.40. The Hall–Kier alpha value is -1.83. The van der Waals surface area contributed by atoms with Crippen LogP contribution in [-0.4, -0.2) is 55.5 Å². The van der Waals surface area contributed by atoms with E-state index >= 15 is 0 Å². The van der Waals surface area contributed by atoms with Crippen molar-refractivity contribution in [2.75, 3.05) is 31.9 Å². The van der Waals surface area contributed by atoms with Gasteiger partial charge in [-0.1, -0.05) is 35.4 Å². The SMILES string of the molecule is Cc1ccc(S(=O)(=O)N2CCN(C(=O)CSc3ccc(C)cc3C)CC2)cc1. The minimum Gasteiger partial charge on any atom is -0.339 e. The molecule has 0 radical (unpaired) electrons. The molecule has 150 valence electrons. The van der Waals surface area contributed by atoms with Gasteiger partial charge in [-0.25, -0.2) is 8.42 Å². The maximum absolute atomic E-state index is 12.8. The third-order valence-electron chi connectivity index (χ3n) is 4.93. The molecule has 0 spiro atoms. The van der Waals surface area contributed by atoms with Crippen LogP contribution in [0.15, 0.2) is 52.3 Å². The van der Waals surface area contributed by atoms with Crippen LogP contribution in [0, 0.1) is 20.8 Å². The highest BCUT2D eigenvalue weighted by molar-refractivity contribution is 8.00. The molecule has 3 rings (SSSR count). The van der Waals surface area contributed by atoms with E-state index in [4.69, 9.17) is 0 Å². The number of aryl methyl sites for hydroxylation is 3. The average Bonchev–Trinajstić information content (AvgIpc) is 2.67. The lowest BCUT2D eigenvalue weighted by atomic mass is 10.2. The van der Waals surface area contributed by atoms with E-state index in [9.17, 15) is 13.2 Å². The summed E-state index contributed by atoms with van der Waals surface area (Å²) in [5, 5.41) is 0. The van der Waals surface area contributed by atoms with E-state index in [0.717, 1.165) is 10.5 Å². The van der Waals surface area contributed by atoms with E-state index in [0.29, 0.717) is 36.8 Å². The van der Waals surface area contributed by atoms with Gasteiger partial charge in [-0.2, -0.15) is 4.31 Å². The van der Waals surface area contributed by atoms with E-state index in [-0.39, 0.29) is 5.91 Å². The second-order valence-corrected chi connectivity index (χ2v) is 10.1. The topological polar surface area (TPSA) is 57.7 Å². The van der Waals surface area contributed by atoms with Gasteiger partial charge in [0.1, 0.15) is 0 Å². The first-order valence-corrected chi connectivity index (χ1v) is 11.7. The molecule has 5 nitrogen and oxygen atoms in total. The second-order valence-electron chi connectivity index (χ2n) is 7.16. The molecular formula is C21H26N2O3S2. The highest BCUT2D eigenvalue weighted by Crippen LogP contribution is 2.24. The van der Waals surface area contributed by atoms with E-state index < -0.39 is 10.0 Å². The van der Waals surface area contributed by atoms with Crippen molar-refractivity contribution in [1.82, 2.24) is 9.21 Å². The molecule has 0 atom stereocenters. The maximum Gasteiger partial charge on any atom is 0.243 e. The molecule has 1 heterocycles. The molecule has 7 heteroatoms. The fourth-order valence-electron chi connectivity index (χ4n) is 3.23. The predicted octanol–water partition coefficient (Wildman–Crippen LogP) is 3.24. The number of nitrogens with zero attached hydrogens (tertiary/aromatic N) is 2. The lowest BCUT2D eigenvalue weighted by molar-refractivity contribution is -0.129. The van der Waals surface area contributed by atoms with Crippen LogP contribution in [0.3, 0.4) is 0 Å². The fraction of sp³-hybridized carbons (Fsp3) is 0.381. The van der Waals surface area contributed by atoms with Crippen molar-refractivity contribution in [3.05, 3.63) is 59.2 Å². The zero-order valence-corrected chi connectivity index (χ0v) is 18.1. The zero-order chi connectivity index (χ0) is 20.3. The van der Waals surface area contributed by atoms with Crippen LogP contribution < -0.4 is 0 Å². The molecule has 0 aromatic heterocycles. The van der Waals surface area contributed by atoms with Crippen molar-refractivity contribution >= 4 is 27.7 Å². The number of benzene rings is 2. The van der Waals surface area contributed by atoms with Crippen molar-refractivity contribution < 1.29 is 13.2 Å². The van der Waals surface area contributed by atoms with Gasteiger partial charge in [-0.05, 0) is 44.5 Å². The Morgan fingerprint density at radius 2 is 1.54 bits per heavy atom. The summed E-state index contributed by atoms with van der Waals surface area (Å²) in [6, 6.07) is 13.1. The quantitative estimate of drug-likeness (QED) is 0.700. The Balaban J connectivity index is 1.55. The Labute approximate surface area is 171 Å². The normalized spacial score (nSPS) is 15.6. The lowest BCUT2D eigenvalue weighted by Gasteiger charge is -2.34. The number of carbonyl (C=O) groups excluding carboxylic acids is 1. The van der Waals surface area contributed by atoms with Crippen LogP contribution in [0.4, 0.5) is 0 Å². The second kappa shape index (κ2) is 8.68.